The lowest BCUT2D eigenvalue weighted by Gasteiger charge is -2.05. The number of sulfone groups is 1. The maximum atomic E-state index is 13.1. The standard InChI is InChI=1S/C18H17NO4S2/c1-10-2-5-12(6-3-10)25(20,21)17-15(16(17)18(19)24)11-4-7-13-14(8-11)23-9-22-13/h2-8,15-17H,9H2,1H3,(H2,19,24)/t15-,16-,17+/m1/s1. The summed E-state index contributed by atoms with van der Waals surface area (Å²) in [4.78, 5) is 0.524. The van der Waals surface area contributed by atoms with Gasteiger partial charge in [0.1, 0.15) is 0 Å². The van der Waals surface area contributed by atoms with E-state index >= 15 is 0 Å². The van der Waals surface area contributed by atoms with E-state index in [1.165, 1.54) is 0 Å². The number of hydrogen-bond acceptors (Lipinski definition) is 5. The van der Waals surface area contributed by atoms with E-state index in [-0.39, 0.29) is 23.6 Å². The highest BCUT2D eigenvalue weighted by Gasteiger charge is 2.60. The van der Waals surface area contributed by atoms with Crippen molar-refractivity contribution < 1.29 is 17.9 Å². The van der Waals surface area contributed by atoms with Crippen LogP contribution < -0.4 is 15.2 Å². The molecule has 1 heterocycles. The molecule has 0 unspecified atom stereocenters. The van der Waals surface area contributed by atoms with Gasteiger partial charge < -0.3 is 15.2 Å². The highest BCUT2D eigenvalue weighted by atomic mass is 32.2. The van der Waals surface area contributed by atoms with E-state index in [1.807, 2.05) is 19.1 Å². The van der Waals surface area contributed by atoms with Crippen molar-refractivity contribution in [3.8, 4) is 11.5 Å². The second kappa shape index (κ2) is 5.71. The molecule has 130 valence electrons. The number of hydrogen-bond donors (Lipinski definition) is 1. The Hall–Kier alpha value is -2.12. The fourth-order valence-electron chi connectivity index (χ4n) is 3.41. The summed E-state index contributed by atoms with van der Waals surface area (Å²) in [6.07, 6.45) is 0. The molecule has 0 radical (unpaired) electrons. The molecule has 1 aliphatic carbocycles. The molecule has 0 amide bonds. The molecule has 4 rings (SSSR count). The summed E-state index contributed by atoms with van der Waals surface area (Å²) in [6.45, 7) is 2.09. The van der Waals surface area contributed by atoms with Crippen LogP contribution in [0.2, 0.25) is 0 Å². The van der Waals surface area contributed by atoms with Gasteiger partial charge in [0.05, 0.1) is 15.1 Å². The Kier molecular flexibility index (Phi) is 3.73. The van der Waals surface area contributed by atoms with Gasteiger partial charge in [-0.25, -0.2) is 8.42 Å². The van der Waals surface area contributed by atoms with Gasteiger partial charge in [-0.05, 0) is 36.8 Å². The van der Waals surface area contributed by atoms with Gasteiger partial charge in [-0.15, -0.1) is 0 Å². The molecule has 1 aliphatic heterocycles. The largest absolute Gasteiger partial charge is 0.454 e. The average molecular weight is 375 g/mol. The zero-order valence-corrected chi connectivity index (χ0v) is 15.1. The molecule has 1 fully saturated rings. The van der Waals surface area contributed by atoms with Gasteiger partial charge in [-0.2, -0.15) is 0 Å². The molecule has 0 saturated heterocycles. The molecule has 1 saturated carbocycles. The van der Waals surface area contributed by atoms with Crippen LogP contribution in [0.1, 0.15) is 17.0 Å². The van der Waals surface area contributed by atoms with Gasteiger partial charge in [0.2, 0.25) is 6.79 Å². The maximum Gasteiger partial charge on any atom is 0.231 e. The summed E-state index contributed by atoms with van der Waals surface area (Å²) in [5, 5.41) is -0.645. The minimum absolute atomic E-state index is 0.174. The lowest BCUT2D eigenvalue weighted by molar-refractivity contribution is 0.174. The molecule has 2 aliphatic rings. The fraction of sp³-hybridized carbons (Fsp3) is 0.278. The Bertz CT molecular complexity index is 954. The fourth-order valence-corrected chi connectivity index (χ4v) is 5.94. The quantitative estimate of drug-likeness (QED) is 0.828. The van der Waals surface area contributed by atoms with E-state index in [4.69, 9.17) is 27.4 Å². The van der Waals surface area contributed by atoms with Crippen molar-refractivity contribution >= 4 is 27.0 Å². The Morgan fingerprint density at radius 1 is 1.12 bits per heavy atom. The zero-order chi connectivity index (χ0) is 17.8. The van der Waals surface area contributed by atoms with Gasteiger partial charge in [0.25, 0.3) is 0 Å². The Morgan fingerprint density at radius 2 is 1.80 bits per heavy atom. The SMILES string of the molecule is Cc1ccc(S(=O)(=O)[C@@H]2[C@H](C(N)=S)[C@H]2c2ccc3c(c2)OCO3)cc1. The van der Waals surface area contributed by atoms with Crippen LogP contribution in [0.4, 0.5) is 0 Å². The minimum Gasteiger partial charge on any atom is -0.454 e. The van der Waals surface area contributed by atoms with Crippen LogP contribution in [0.3, 0.4) is 0 Å². The Labute approximate surface area is 151 Å². The van der Waals surface area contributed by atoms with Crippen LogP contribution >= 0.6 is 12.2 Å². The van der Waals surface area contributed by atoms with Crippen molar-refractivity contribution in [3.63, 3.8) is 0 Å². The monoisotopic (exact) mass is 375 g/mol. The van der Waals surface area contributed by atoms with Crippen LogP contribution in [0.25, 0.3) is 0 Å². The van der Waals surface area contributed by atoms with Crippen LogP contribution in [-0.4, -0.2) is 25.4 Å². The summed E-state index contributed by atoms with van der Waals surface area (Å²) in [6, 6.07) is 12.3. The summed E-state index contributed by atoms with van der Waals surface area (Å²) in [5.74, 6) is 0.645. The van der Waals surface area contributed by atoms with Crippen molar-refractivity contribution in [1.82, 2.24) is 0 Å². The van der Waals surface area contributed by atoms with E-state index in [0.29, 0.717) is 16.4 Å². The molecular weight excluding hydrogens is 358 g/mol. The average Bonchev–Trinajstić information content (AvgIpc) is 3.18. The topological polar surface area (TPSA) is 78.6 Å². The van der Waals surface area contributed by atoms with Crippen LogP contribution in [0.5, 0.6) is 11.5 Å². The second-order valence-electron chi connectivity index (χ2n) is 6.39. The van der Waals surface area contributed by atoms with Crippen LogP contribution in [-0.2, 0) is 9.84 Å². The number of rotatable bonds is 4. The summed E-state index contributed by atoms with van der Waals surface area (Å²) in [7, 11) is -3.53. The van der Waals surface area contributed by atoms with Gasteiger partial charge in [0.15, 0.2) is 21.3 Å². The molecule has 2 N–H and O–H groups in total. The van der Waals surface area contributed by atoms with E-state index in [0.717, 1.165) is 11.1 Å². The van der Waals surface area contributed by atoms with Crippen LogP contribution in [0.15, 0.2) is 47.4 Å². The van der Waals surface area contributed by atoms with Crippen molar-refractivity contribution in [1.29, 1.82) is 0 Å². The minimum atomic E-state index is -3.53. The van der Waals surface area contributed by atoms with Crippen molar-refractivity contribution in [2.24, 2.45) is 11.7 Å². The molecule has 2 aromatic rings. The predicted molar refractivity (Wildman–Crippen MR) is 97.7 cm³/mol. The van der Waals surface area contributed by atoms with E-state index < -0.39 is 15.1 Å². The molecule has 25 heavy (non-hydrogen) atoms. The zero-order valence-electron chi connectivity index (χ0n) is 13.5. The Morgan fingerprint density at radius 3 is 2.48 bits per heavy atom. The lowest BCUT2D eigenvalue weighted by Crippen LogP contribution is -2.17. The first-order valence-corrected chi connectivity index (χ1v) is 9.84. The molecule has 5 nitrogen and oxygen atoms in total. The molecule has 3 atom stereocenters. The van der Waals surface area contributed by atoms with Gasteiger partial charge in [-0.1, -0.05) is 36.0 Å². The van der Waals surface area contributed by atoms with Crippen molar-refractivity contribution in [2.75, 3.05) is 6.79 Å². The third kappa shape index (κ3) is 2.67. The first-order valence-electron chi connectivity index (χ1n) is 7.89. The molecule has 0 bridgehead atoms. The van der Waals surface area contributed by atoms with E-state index in [2.05, 4.69) is 0 Å². The molecular formula is C18H17NO4S2. The summed E-state index contributed by atoms with van der Waals surface area (Å²) < 4.78 is 36.8. The lowest BCUT2D eigenvalue weighted by atomic mass is 10.1. The van der Waals surface area contributed by atoms with Crippen LogP contribution in [0, 0.1) is 12.8 Å². The first kappa shape index (κ1) is 16.4. The number of benzene rings is 2. The number of ether oxygens (including phenoxy) is 2. The van der Waals surface area contributed by atoms with Gasteiger partial charge in [-0.3, -0.25) is 0 Å². The second-order valence-corrected chi connectivity index (χ2v) is 8.97. The molecule has 7 heteroatoms. The molecule has 0 spiro atoms. The number of aryl methyl sites for hydroxylation is 1. The summed E-state index contributed by atoms with van der Waals surface area (Å²) in [5.41, 5.74) is 7.70. The smallest absolute Gasteiger partial charge is 0.231 e. The van der Waals surface area contributed by atoms with E-state index in [9.17, 15) is 8.42 Å². The van der Waals surface area contributed by atoms with E-state index in [1.54, 1.807) is 30.3 Å². The highest BCUT2D eigenvalue weighted by Crippen LogP contribution is 2.55. The van der Waals surface area contributed by atoms with Gasteiger partial charge >= 0.3 is 0 Å². The summed E-state index contributed by atoms with van der Waals surface area (Å²) >= 11 is 5.13. The van der Waals surface area contributed by atoms with Gasteiger partial charge in [0, 0.05) is 11.8 Å². The molecule has 2 aromatic carbocycles. The van der Waals surface area contributed by atoms with Crippen molar-refractivity contribution in [2.45, 2.75) is 23.0 Å². The maximum absolute atomic E-state index is 13.1. The highest BCUT2D eigenvalue weighted by molar-refractivity contribution is 7.92. The van der Waals surface area contributed by atoms with Crippen molar-refractivity contribution in [3.05, 3.63) is 53.6 Å². The number of fused-ring (bicyclic) bond motifs is 1. The predicted octanol–water partition coefficient (Wildman–Crippen LogP) is 2.57. The number of nitrogens with two attached hydrogens (primary N) is 1. The first-order chi connectivity index (χ1) is 11.9. The molecule has 0 aromatic heterocycles. The normalized spacial score (nSPS) is 24.1. The Balaban J connectivity index is 1.71. The number of thiocarbonyl (C=S) groups is 1. The third-order valence-electron chi connectivity index (χ3n) is 4.77. The third-order valence-corrected chi connectivity index (χ3v) is 7.28.